The van der Waals surface area contributed by atoms with Crippen LogP contribution >= 0.6 is 22.6 Å². The number of hydrogen-bond donors (Lipinski definition) is 2. The van der Waals surface area contributed by atoms with E-state index in [1.54, 1.807) is 24.3 Å². The molecule has 0 spiro atoms. The second kappa shape index (κ2) is 6.57. The van der Waals surface area contributed by atoms with Gasteiger partial charge >= 0.3 is 5.97 Å². The summed E-state index contributed by atoms with van der Waals surface area (Å²) >= 11 is 2.14. The van der Waals surface area contributed by atoms with Crippen LogP contribution in [-0.2, 0) is 0 Å². The highest BCUT2D eigenvalue weighted by atomic mass is 127. The second-order valence-corrected chi connectivity index (χ2v) is 5.42. The minimum atomic E-state index is -1.12. The molecule has 0 aliphatic rings. The number of nitrogens with one attached hydrogen (secondary N) is 1. The van der Waals surface area contributed by atoms with Crippen LogP contribution in [-0.4, -0.2) is 24.1 Å². The molecule has 108 valence electrons. The summed E-state index contributed by atoms with van der Waals surface area (Å²) in [4.78, 5) is 23.3. The number of methoxy groups -OCH3 is 1. The van der Waals surface area contributed by atoms with Gasteiger partial charge in [0.15, 0.2) is 0 Å². The lowest BCUT2D eigenvalue weighted by atomic mass is 10.1. The SMILES string of the molecule is COc1ccc(C(=O)O)c(NC(=O)c2ccc(I)cc2)c1. The average molecular weight is 397 g/mol. The molecule has 0 saturated carbocycles. The number of carbonyl (C=O) groups is 2. The Balaban J connectivity index is 2.31. The van der Waals surface area contributed by atoms with Crippen molar-refractivity contribution in [1.82, 2.24) is 0 Å². The van der Waals surface area contributed by atoms with E-state index in [0.29, 0.717) is 11.3 Å². The summed E-state index contributed by atoms with van der Waals surface area (Å²) in [5.41, 5.74) is 0.662. The third-order valence-electron chi connectivity index (χ3n) is 2.81. The Morgan fingerprint density at radius 1 is 1.14 bits per heavy atom. The average Bonchev–Trinajstić information content (AvgIpc) is 2.47. The highest BCUT2D eigenvalue weighted by Gasteiger charge is 2.14. The van der Waals surface area contributed by atoms with Gasteiger partial charge < -0.3 is 15.2 Å². The first-order valence-electron chi connectivity index (χ1n) is 5.99. The highest BCUT2D eigenvalue weighted by molar-refractivity contribution is 14.1. The van der Waals surface area contributed by atoms with Crippen LogP contribution in [0.4, 0.5) is 5.69 Å². The van der Waals surface area contributed by atoms with E-state index < -0.39 is 5.97 Å². The molecule has 0 atom stereocenters. The zero-order chi connectivity index (χ0) is 15.4. The van der Waals surface area contributed by atoms with Crippen LogP contribution in [0.15, 0.2) is 42.5 Å². The molecule has 2 aromatic rings. The number of ether oxygens (including phenoxy) is 1. The van der Waals surface area contributed by atoms with E-state index in [4.69, 9.17) is 9.84 Å². The predicted octanol–water partition coefficient (Wildman–Crippen LogP) is 3.25. The number of rotatable bonds is 4. The molecule has 2 aromatic carbocycles. The maximum Gasteiger partial charge on any atom is 0.337 e. The summed E-state index contributed by atoms with van der Waals surface area (Å²) in [6.45, 7) is 0. The first-order valence-corrected chi connectivity index (χ1v) is 7.07. The number of hydrogen-bond acceptors (Lipinski definition) is 3. The summed E-state index contributed by atoms with van der Waals surface area (Å²) in [6, 6.07) is 11.4. The minimum Gasteiger partial charge on any atom is -0.497 e. The number of carbonyl (C=O) groups excluding carboxylic acids is 1. The van der Waals surface area contributed by atoms with Crippen molar-refractivity contribution in [3.8, 4) is 5.75 Å². The Morgan fingerprint density at radius 2 is 1.81 bits per heavy atom. The van der Waals surface area contributed by atoms with Gasteiger partial charge in [0.25, 0.3) is 5.91 Å². The monoisotopic (exact) mass is 397 g/mol. The third kappa shape index (κ3) is 3.72. The van der Waals surface area contributed by atoms with Crippen molar-refractivity contribution in [2.75, 3.05) is 12.4 Å². The largest absolute Gasteiger partial charge is 0.497 e. The molecule has 0 unspecified atom stereocenters. The minimum absolute atomic E-state index is 0.00895. The van der Waals surface area contributed by atoms with E-state index >= 15 is 0 Å². The van der Waals surface area contributed by atoms with Crippen molar-refractivity contribution in [2.24, 2.45) is 0 Å². The van der Waals surface area contributed by atoms with Crippen molar-refractivity contribution in [2.45, 2.75) is 0 Å². The molecular formula is C15H12INO4. The Morgan fingerprint density at radius 3 is 2.38 bits per heavy atom. The molecule has 0 heterocycles. The zero-order valence-corrected chi connectivity index (χ0v) is 13.2. The lowest BCUT2D eigenvalue weighted by Gasteiger charge is -2.10. The van der Waals surface area contributed by atoms with E-state index in [1.165, 1.54) is 25.3 Å². The molecule has 1 amide bonds. The van der Waals surface area contributed by atoms with Gasteiger partial charge in [0.1, 0.15) is 5.75 Å². The number of amides is 1. The normalized spacial score (nSPS) is 10.0. The van der Waals surface area contributed by atoms with Gasteiger partial charge in [-0.05, 0) is 59.0 Å². The van der Waals surface area contributed by atoms with Gasteiger partial charge in [-0.25, -0.2) is 4.79 Å². The Hall–Kier alpha value is -2.09. The van der Waals surface area contributed by atoms with Crippen LogP contribution in [0.25, 0.3) is 0 Å². The molecule has 0 saturated heterocycles. The fraction of sp³-hybridized carbons (Fsp3) is 0.0667. The molecule has 6 heteroatoms. The van der Waals surface area contributed by atoms with Crippen LogP contribution in [0.1, 0.15) is 20.7 Å². The number of carboxylic acid groups (broad SMARTS) is 1. The topological polar surface area (TPSA) is 75.6 Å². The van der Waals surface area contributed by atoms with Gasteiger partial charge in [0.2, 0.25) is 0 Å². The first-order chi connectivity index (χ1) is 10.0. The lowest BCUT2D eigenvalue weighted by molar-refractivity contribution is 0.0698. The molecule has 0 aromatic heterocycles. The standard InChI is InChI=1S/C15H12INO4/c1-21-11-6-7-12(15(19)20)13(8-11)17-14(18)9-2-4-10(16)5-3-9/h2-8H,1H3,(H,17,18)(H,19,20). The van der Waals surface area contributed by atoms with Crippen LogP contribution < -0.4 is 10.1 Å². The van der Waals surface area contributed by atoms with Gasteiger partial charge in [0.05, 0.1) is 18.4 Å². The predicted molar refractivity (Wildman–Crippen MR) is 87.1 cm³/mol. The van der Waals surface area contributed by atoms with Crippen LogP contribution in [0.2, 0.25) is 0 Å². The Kier molecular flexibility index (Phi) is 4.79. The summed E-state index contributed by atoms with van der Waals surface area (Å²) in [7, 11) is 1.47. The van der Waals surface area contributed by atoms with Crippen LogP contribution in [0, 0.1) is 3.57 Å². The number of carboxylic acids is 1. The fourth-order valence-electron chi connectivity index (χ4n) is 1.74. The molecule has 2 N–H and O–H groups in total. The van der Waals surface area contributed by atoms with Crippen molar-refractivity contribution in [3.63, 3.8) is 0 Å². The van der Waals surface area contributed by atoms with Crippen molar-refractivity contribution >= 4 is 40.2 Å². The van der Waals surface area contributed by atoms with Gasteiger partial charge in [-0.15, -0.1) is 0 Å². The molecule has 2 rings (SSSR count). The van der Waals surface area contributed by atoms with Crippen molar-refractivity contribution < 1.29 is 19.4 Å². The van der Waals surface area contributed by atoms with Crippen LogP contribution in [0.3, 0.4) is 0 Å². The molecule has 0 fully saturated rings. The molecule has 0 bridgehead atoms. The molecule has 21 heavy (non-hydrogen) atoms. The zero-order valence-electron chi connectivity index (χ0n) is 11.1. The summed E-state index contributed by atoms with van der Waals surface area (Å²) < 4.78 is 6.06. The number of benzene rings is 2. The maximum absolute atomic E-state index is 12.2. The summed E-state index contributed by atoms with van der Waals surface area (Å²) in [5.74, 6) is -1.02. The molecule has 5 nitrogen and oxygen atoms in total. The third-order valence-corrected chi connectivity index (χ3v) is 3.53. The van der Waals surface area contributed by atoms with E-state index in [9.17, 15) is 9.59 Å². The van der Waals surface area contributed by atoms with E-state index in [-0.39, 0.29) is 17.2 Å². The molecule has 0 aliphatic heterocycles. The highest BCUT2D eigenvalue weighted by Crippen LogP contribution is 2.23. The van der Waals surface area contributed by atoms with E-state index in [2.05, 4.69) is 27.9 Å². The van der Waals surface area contributed by atoms with Crippen LogP contribution in [0.5, 0.6) is 5.75 Å². The Labute approximate surface area is 135 Å². The van der Waals surface area contributed by atoms with E-state index in [1.807, 2.05) is 0 Å². The smallest absolute Gasteiger partial charge is 0.337 e. The van der Waals surface area contributed by atoms with Gasteiger partial charge in [0, 0.05) is 15.2 Å². The van der Waals surface area contributed by atoms with E-state index in [0.717, 1.165) is 3.57 Å². The van der Waals surface area contributed by atoms with Crippen molar-refractivity contribution in [1.29, 1.82) is 0 Å². The lowest BCUT2D eigenvalue weighted by Crippen LogP contribution is -2.15. The fourth-order valence-corrected chi connectivity index (χ4v) is 2.10. The van der Waals surface area contributed by atoms with Gasteiger partial charge in [-0.2, -0.15) is 0 Å². The molecular weight excluding hydrogens is 385 g/mol. The quantitative estimate of drug-likeness (QED) is 0.777. The first kappa shape index (κ1) is 15.3. The number of aromatic carboxylic acids is 1. The number of halogens is 1. The number of anilines is 1. The van der Waals surface area contributed by atoms with Crippen molar-refractivity contribution in [3.05, 3.63) is 57.2 Å². The molecule has 0 radical (unpaired) electrons. The van der Waals surface area contributed by atoms with Gasteiger partial charge in [-0.3, -0.25) is 4.79 Å². The second-order valence-electron chi connectivity index (χ2n) is 4.18. The van der Waals surface area contributed by atoms with Gasteiger partial charge in [-0.1, -0.05) is 0 Å². The summed E-state index contributed by atoms with van der Waals surface area (Å²) in [5, 5.41) is 11.8. The summed E-state index contributed by atoms with van der Waals surface area (Å²) in [6.07, 6.45) is 0. The maximum atomic E-state index is 12.2. The Bertz CT molecular complexity index is 683. The molecule has 0 aliphatic carbocycles.